The molecular weight excluding hydrogens is 368 g/mol. The van der Waals surface area contributed by atoms with Crippen molar-refractivity contribution in [1.82, 2.24) is 0 Å². The Balaban J connectivity index is 0.00000150. The lowest BCUT2D eigenvalue weighted by Crippen LogP contribution is -1.87. The zero-order valence-electron chi connectivity index (χ0n) is 20.6. The summed E-state index contributed by atoms with van der Waals surface area (Å²) in [6.07, 6.45) is 23.5. The van der Waals surface area contributed by atoms with Gasteiger partial charge in [0.05, 0.1) is 0 Å². The van der Waals surface area contributed by atoms with Crippen LogP contribution in [0, 0.1) is 0 Å². The average Bonchev–Trinajstić information content (AvgIpc) is 2.75. The predicted molar refractivity (Wildman–Crippen MR) is 134 cm³/mol. The van der Waals surface area contributed by atoms with Crippen LogP contribution in [0.1, 0.15) is 129 Å². The molecule has 30 heavy (non-hydrogen) atoms. The van der Waals surface area contributed by atoms with Crippen molar-refractivity contribution >= 4 is 0 Å². The van der Waals surface area contributed by atoms with Gasteiger partial charge in [0.2, 0.25) is 0 Å². The van der Waals surface area contributed by atoms with Gasteiger partial charge in [0.25, 0.3) is 0 Å². The van der Waals surface area contributed by atoms with Crippen LogP contribution in [0.5, 0.6) is 5.75 Å². The molecular formula is C28H52O2. The Hall–Kier alpha value is -1.02. The maximum absolute atomic E-state index is 9.74. The van der Waals surface area contributed by atoms with Crippen LogP contribution in [0.2, 0.25) is 0 Å². The van der Waals surface area contributed by atoms with Crippen LogP contribution in [0.15, 0.2) is 24.3 Å². The van der Waals surface area contributed by atoms with E-state index in [4.69, 9.17) is 4.74 Å². The van der Waals surface area contributed by atoms with Gasteiger partial charge >= 0.3 is 0 Å². The zero-order valence-corrected chi connectivity index (χ0v) is 20.6. The van der Waals surface area contributed by atoms with Gasteiger partial charge in [-0.2, -0.15) is 0 Å². The summed E-state index contributed by atoms with van der Waals surface area (Å²) >= 11 is 0. The number of aryl methyl sites for hydroxylation is 1. The highest BCUT2D eigenvalue weighted by atomic mass is 16.5. The molecule has 176 valence electrons. The molecule has 0 amide bonds. The minimum atomic E-state index is 0.462. The third-order valence-corrected chi connectivity index (χ3v) is 5.70. The standard InChI is InChI=1S/C24H42O.C4H10O/c1-2-3-4-5-6-7-8-9-10-11-12-13-14-15-16-17-20-23-21-18-19-22-24(23)25;1-3-5-4-2/h18-19,21-22,25H,2-17,20H2,1H3;3-4H2,1-2H3. The number of rotatable bonds is 19. The van der Waals surface area contributed by atoms with E-state index < -0.39 is 0 Å². The maximum Gasteiger partial charge on any atom is 0.118 e. The molecule has 0 aliphatic rings. The summed E-state index contributed by atoms with van der Waals surface area (Å²) < 4.78 is 4.83. The summed E-state index contributed by atoms with van der Waals surface area (Å²) in [5, 5.41) is 9.74. The molecule has 1 N–H and O–H groups in total. The Morgan fingerprint density at radius 3 is 1.33 bits per heavy atom. The first-order chi connectivity index (χ1) is 14.8. The van der Waals surface area contributed by atoms with Gasteiger partial charge in [-0.25, -0.2) is 0 Å². The summed E-state index contributed by atoms with van der Waals surface area (Å²) in [6, 6.07) is 7.75. The fourth-order valence-electron chi connectivity index (χ4n) is 3.79. The van der Waals surface area contributed by atoms with Crippen molar-refractivity contribution in [1.29, 1.82) is 0 Å². The van der Waals surface area contributed by atoms with Crippen molar-refractivity contribution in [3.63, 3.8) is 0 Å². The molecule has 1 rings (SSSR count). The number of hydrogen-bond donors (Lipinski definition) is 1. The van der Waals surface area contributed by atoms with Crippen molar-refractivity contribution in [2.75, 3.05) is 13.2 Å². The molecule has 2 heteroatoms. The molecule has 0 radical (unpaired) electrons. The van der Waals surface area contributed by atoms with Crippen molar-refractivity contribution in [3.05, 3.63) is 29.8 Å². The summed E-state index contributed by atoms with van der Waals surface area (Å²) in [7, 11) is 0. The second-order valence-corrected chi connectivity index (χ2v) is 8.46. The van der Waals surface area contributed by atoms with Crippen LogP contribution in [0.3, 0.4) is 0 Å². The van der Waals surface area contributed by atoms with Crippen LogP contribution in [-0.4, -0.2) is 18.3 Å². The number of phenols is 1. The Labute approximate surface area is 188 Å². The Kier molecular flexibility index (Phi) is 23.4. The first kappa shape index (κ1) is 29.0. The summed E-state index contributed by atoms with van der Waals surface area (Å²) in [6.45, 7) is 7.95. The molecule has 0 atom stereocenters. The molecule has 0 bridgehead atoms. The molecule has 0 fully saturated rings. The van der Waals surface area contributed by atoms with Crippen LogP contribution in [0.25, 0.3) is 0 Å². The van der Waals surface area contributed by atoms with E-state index in [1.165, 1.54) is 103 Å². The first-order valence-electron chi connectivity index (χ1n) is 13.1. The van der Waals surface area contributed by atoms with Crippen LogP contribution in [0.4, 0.5) is 0 Å². The Bertz CT molecular complexity index is 442. The quantitative estimate of drug-likeness (QED) is 0.226. The SMILES string of the molecule is CCCCCCCCCCCCCCCCCCc1ccccc1O.CCOCC. The van der Waals surface area contributed by atoms with E-state index in [1.54, 1.807) is 6.07 Å². The molecule has 0 aliphatic heterocycles. The molecule has 0 heterocycles. The Morgan fingerprint density at radius 1 is 0.567 bits per heavy atom. The minimum Gasteiger partial charge on any atom is -0.508 e. The third kappa shape index (κ3) is 20.3. The zero-order chi connectivity index (χ0) is 22.1. The van der Waals surface area contributed by atoms with Gasteiger partial charge < -0.3 is 9.84 Å². The summed E-state index contributed by atoms with van der Waals surface area (Å²) in [4.78, 5) is 0. The first-order valence-corrected chi connectivity index (χ1v) is 13.1. The number of aromatic hydroxyl groups is 1. The topological polar surface area (TPSA) is 29.5 Å². The molecule has 0 aromatic heterocycles. The van der Waals surface area contributed by atoms with Crippen LogP contribution >= 0.6 is 0 Å². The van der Waals surface area contributed by atoms with E-state index >= 15 is 0 Å². The van der Waals surface area contributed by atoms with Crippen LogP contribution in [-0.2, 0) is 11.2 Å². The van der Waals surface area contributed by atoms with Gasteiger partial charge in [-0.1, -0.05) is 121 Å². The number of phenolic OH excluding ortho intramolecular Hbond substituents is 1. The van der Waals surface area contributed by atoms with Gasteiger partial charge in [0.1, 0.15) is 5.75 Å². The molecule has 0 aliphatic carbocycles. The fourth-order valence-corrected chi connectivity index (χ4v) is 3.79. The van der Waals surface area contributed by atoms with Crippen molar-refractivity contribution in [3.8, 4) is 5.75 Å². The van der Waals surface area contributed by atoms with Gasteiger partial charge in [-0.3, -0.25) is 0 Å². The van der Waals surface area contributed by atoms with Gasteiger partial charge in [-0.05, 0) is 38.3 Å². The van der Waals surface area contributed by atoms with E-state index in [9.17, 15) is 5.11 Å². The number of benzene rings is 1. The van der Waals surface area contributed by atoms with Gasteiger partial charge in [0, 0.05) is 13.2 Å². The fraction of sp³-hybridized carbons (Fsp3) is 0.786. The van der Waals surface area contributed by atoms with Gasteiger partial charge in [-0.15, -0.1) is 0 Å². The number of unbranched alkanes of at least 4 members (excludes halogenated alkanes) is 15. The van der Waals surface area contributed by atoms with E-state index in [-0.39, 0.29) is 0 Å². The Morgan fingerprint density at radius 2 is 0.967 bits per heavy atom. The molecule has 0 saturated carbocycles. The number of ether oxygens (including phenoxy) is 1. The summed E-state index contributed by atoms with van der Waals surface area (Å²) in [5.41, 5.74) is 1.10. The highest BCUT2D eigenvalue weighted by Gasteiger charge is 1.99. The average molecular weight is 421 g/mol. The molecule has 2 nitrogen and oxygen atoms in total. The molecule has 0 spiro atoms. The lowest BCUT2D eigenvalue weighted by atomic mass is 10.0. The maximum atomic E-state index is 9.74. The lowest BCUT2D eigenvalue weighted by molar-refractivity contribution is 0.162. The molecule has 0 unspecified atom stereocenters. The monoisotopic (exact) mass is 420 g/mol. The minimum absolute atomic E-state index is 0.462. The third-order valence-electron chi connectivity index (χ3n) is 5.70. The number of para-hydroxylation sites is 1. The van der Waals surface area contributed by atoms with Crippen molar-refractivity contribution < 1.29 is 9.84 Å². The lowest BCUT2D eigenvalue weighted by Gasteiger charge is -2.05. The summed E-state index contributed by atoms with van der Waals surface area (Å²) in [5.74, 6) is 0.462. The largest absolute Gasteiger partial charge is 0.508 e. The van der Waals surface area contributed by atoms with E-state index in [0.717, 1.165) is 25.2 Å². The second kappa shape index (κ2) is 24.3. The molecule has 1 aromatic carbocycles. The van der Waals surface area contributed by atoms with Crippen molar-refractivity contribution in [2.24, 2.45) is 0 Å². The number of hydrogen-bond acceptors (Lipinski definition) is 2. The highest BCUT2D eigenvalue weighted by Crippen LogP contribution is 2.19. The smallest absolute Gasteiger partial charge is 0.118 e. The van der Waals surface area contributed by atoms with Gasteiger partial charge in [0.15, 0.2) is 0 Å². The molecule has 0 saturated heterocycles. The highest BCUT2D eigenvalue weighted by molar-refractivity contribution is 5.31. The normalized spacial score (nSPS) is 10.6. The van der Waals surface area contributed by atoms with E-state index in [2.05, 4.69) is 6.92 Å². The second-order valence-electron chi connectivity index (χ2n) is 8.46. The van der Waals surface area contributed by atoms with E-state index in [0.29, 0.717) is 5.75 Å². The van der Waals surface area contributed by atoms with E-state index in [1.807, 2.05) is 32.0 Å². The molecule has 1 aromatic rings. The van der Waals surface area contributed by atoms with Crippen molar-refractivity contribution in [2.45, 2.75) is 130 Å². The van der Waals surface area contributed by atoms with Crippen LogP contribution < -0.4 is 0 Å². The predicted octanol–water partition coefficient (Wildman–Crippen LogP) is 9.24.